The normalized spacial score (nSPS) is 14.9. The first kappa shape index (κ1) is 17.3. The smallest absolute Gasteiger partial charge is 0.148 e. The molecule has 1 aromatic rings. The van der Waals surface area contributed by atoms with Crippen LogP contribution in [-0.2, 0) is 27.1 Å². The summed E-state index contributed by atoms with van der Waals surface area (Å²) in [5.74, 6) is 0.604. The molecule has 0 amide bonds. The van der Waals surface area contributed by atoms with E-state index in [1.165, 1.54) is 11.8 Å². The minimum Gasteiger partial charge on any atom is -0.312 e. The summed E-state index contributed by atoms with van der Waals surface area (Å²) in [6.07, 6.45) is 2.16. The lowest BCUT2D eigenvalue weighted by Gasteiger charge is -2.16. The molecule has 0 aliphatic heterocycles. The van der Waals surface area contributed by atoms with Crippen LogP contribution in [0.15, 0.2) is 24.3 Å². The van der Waals surface area contributed by atoms with Gasteiger partial charge in [0.25, 0.3) is 0 Å². The quantitative estimate of drug-likeness (QED) is 0.785. The molecule has 0 aliphatic rings. The van der Waals surface area contributed by atoms with Gasteiger partial charge in [-0.05, 0) is 24.6 Å². The Balaban J connectivity index is 2.64. The standard InChI is InChI=1S/C14H23NO3S2/c1-4-12-5-7-13(8-6-12)14(15-2)11-19(16)9-10-20(3,17)18/h5-8,14-15H,4,9-11H2,1-3H3. The zero-order chi connectivity index (χ0) is 15.2. The van der Waals surface area contributed by atoms with Crippen LogP contribution in [0.2, 0.25) is 0 Å². The van der Waals surface area contributed by atoms with E-state index in [0.717, 1.165) is 12.0 Å². The van der Waals surface area contributed by atoms with Crippen LogP contribution in [-0.4, -0.2) is 43.2 Å². The van der Waals surface area contributed by atoms with Gasteiger partial charge in [-0.25, -0.2) is 8.42 Å². The van der Waals surface area contributed by atoms with Crippen molar-refractivity contribution in [1.82, 2.24) is 5.32 Å². The van der Waals surface area contributed by atoms with Crippen molar-refractivity contribution in [3.8, 4) is 0 Å². The molecule has 0 saturated heterocycles. The van der Waals surface area contributed by atoms with E-state index >= 15 is 0 Å². The van der Waals surface area contributed by atoms with Crippen LogP contribution in [0.3, 0.4) is 0 Å². The molecule has 0 fully saturated rings. The van der Waals surface area contributed by atoms with Gasteiger partial charge in [0, 0.05) is 34.6 Å². The Hall–Kier alpha value is -0.720. The minimum atomic E-state index is -3.05. The van der Waals surface area contributed by atoms with Gasteiger partial charge in [0.2, 0.25) is 0 Å². The van der Waals surface area contributed by atoms with Crippen molar-refractivity contribution in [2.75, 3.05) is 30.6 Å². The molecule has 114 valence electrons. The van der Waals surface area contributed by atoms with E-state index in [4.69, 9.17) is 0 Å². The second-order valence-electron chi connectivity index (χ2n) is 4.88. The van der Waals surface area contributed by atoms with Crippen LogP contribution in [0.5, 0.6) is 0 Å². The van der Waals surface area contributed by atoms with Gasteiger partial charge < -0.3 is 5.32 Å². The van der Waals surface area contributed by atoms with Crippen molar-refractivity contribution in [3.63, 3.8) is 0 Å². The van der Waals surface area contributed by atoms with Crippen molar-refractivity contribution in [3.05, 3.63) is 35.4 Å². The molecule has 1 rings (SSSR count). The van der Waals surface area contributed by atoms with E-state index in [-0.39, 0.29) is 17.5 Å². The molecule has 0 aromatic heterocycles. The average molecular weight is 317 g/mol. The highest BCUT2D eigenvalue weighted by molar-refractivity contribution is 7.92. The van der Waals surface area contributed by atoms with Gasteiger partial charge in [-0.1, -0.05) is 31.2 Å². The van der Waals surface area contributed by atoms with Gasteiger partial charge in [0.05, 0.1) is 5.75 Å². The third-order valence-electron chi connectivity index (χ3n) is 3.17. The second kappa shape index (κ2) is 7.90. The van der Waals surface area contributed by atoms with Crippen molar-refractivity contribution >= 4 is 20.6 Å². The summed E-state index contributed by atoms with van der Waals surface area (Å²) in [7, 11) is -2.37. The maximum Gasteiger partial charge on any atom is 0.148 e. The Bertz CT molecular complexity index is 538. The van der Waals surface area contributed by atoms with Gasteiger partial charge in [-0.15, -0.1) is 0 Å². The topological polar surface area (TPSA) is 63.2 Å². The first-order valence-electron chi connectivity index (χ1n) is 6.64. The maximum absolute atomic E-state index is 12.0. The molecule has 20 heavy (non-hydrogen) atoms. The van der Waals surface area contributed by atoms with Crippen molar-refractivity contribution < 1.29 is 12.6 Å². The van der Waals surface area contributed by atoms with E-state index in [0.29, 0.717) is 5.75 Å². The highest BCUT2D eigenvalue weighted by Gasteiger charge is 2.14. The number of sulfone groups is 1. The lowest BCUT2D eigenvalue weighted by Crippen LogP contribution is -2.25. The largest absolute Gasteiger partial charge is 0.312 e. The van der Waals surface area contributed by atoms with Gasteiger partial charge in [0.1, 0.15) is 9.84 Å². The highest BCUT2D eigenvalue weighted by atomic mass is 32.2. The molecule has 0 bridgehead atoms. The summed E-state index contributed by atoms with van der Waals surface area (Å²) in [6.45, 7) is 2.10. The number of hydrogen-bond acceptors (Lipinski definition) is 4. The van der Waals surface area contributed by atoms with Gasteiger partial charge in [0.15, 0.2) is 0 Å². The molecule has 0 radical (unpaired) electrons. The molecule has 6 heteroatoms. The van der Waals surface area contributed by atoms with E-state index < -0.39 is 20.6 Å². The molecule has 4 nitrogen and oxygen atoms in total. The molecular weight excluding hydrogens is 294 g/mol. The predicted molar refractivity (Wildman–Crippen MR) is 85.2 cm³/mol. The maximum atomic E-state index is 12.0. The summed E-state index contributed by atoms with van der Waals surface area (Å²) in [4.78, 5) is 0. The third kappa shape index (κ3) is 6.15. The van der Waals surface area contributed by atoms with E-state index in [2.05, 4.69) is 24.4 Å². The van der Waals surface area contributed by atoms with E-state index in [1.807, 2.05) is 19.2 Å². The van der Waals surface area contributed by atoms with Crippen molar-refractivity contribution in [2.24, 2.45) is 0 Å². The summed E-state index contributed by atoms with van der Waals surface area (Å²) in [6, 6.07) is 8.20. The van der Waals surface area contributed by atoms with E-state index in [9.17, 15) is 12.6 Å². The molecule has 0 heterocycles. The lowest BCUT2D eigenvalue weighted by molar-refractivity contribution is 0.602. The second-order valence-corrected chi connectivity index (χ2v) is 8.76. The third-order valence-corrected chi connectivity index (χ3v) is 5.74. The highest BCUT2D eigenvalue weighted by Crippen LogP contribution is 2.15. The Kier molecular flexibility index (Phi) is 6.85. The summed E-state index contributed by atoms with van der Waals surface area (Å²) in [5.41, 5.74) is 2.35. The average Bonchev–Trinajstić information content (AvgIpc) is 2.42. The molecule has 1 aromatic carbocycles. The monoisotopic (exact) mass is 317 g/mol. The zero-order valence-electron chi connectivity index (χ0n) is 12.3. The molecule has 2 atom stereocenters. The van der Waals surface area contributed by atoms with Crippen LogP contribution >= 0.6 is 0 Å². The number of aryl methyl sites for hydroxylation is 1. The predicted octanol–water partition coefficient (Wildman–Crippen LogP) is 1.30. The molecule has 2 unspecified atom stereocenters. The van der Waals surface area contributed by atoms with Crippen molar-refractivity contribution in [1.29, 1.82) is 0 Å². The van der Waals surface area contributed by atoms with Gasteiger partial charge >= 0.3 is 0 Å². The SMILES string of the molecule is CCc1ccc(C(CS(=O)CCS(C)(=O)=O)NC)cc1. The lowest BCUT2D eigenvalue weighted by atomic mass is 10.1. The number of benzene rings is 1. The minimum absolute atomic E-state index is 0.0127. The van der Waals surface area contributed by atoms with Crippen LogP contribution < -0.4 is 5.32 Å². The Morgan fingerprint density at radius 2 is 1.85 bits per heavy atom. The molecule has 0 spiro atoms. The Labute approximate surface area is 124 Å². The fraction of sp³-hybridized carbons (Fsp3) is 0.571. The van der Waals surface area contributed by atoms with Crippen molar-refractivity contribution in [2.45, 2.75) is 19.4 Å². The van der Waals surface area contributed by atoms with Crippen LogP contribution in [0.25, 0.3) is 0 Å². The van der Waals surface area contributed by atoms with Gasteiger partial charge in [-0.3, -0.25) is 4.21 Å². The number of hydrogen-bond donors (Lipinski definition) is 1. The summed E-state index contributed by atoms with van der Waals surface area (Å²) in [5, 5.41) is 3.14. The first-order chi connectivity index (χ1) is 9.35. The summed E-state index contributed by atoms with van der Waals surface area (Å²) < 4.78 is 34.1. The summed E-state index contributed by atoms with van der Waals surface area (Å²) >= 11 is 0. The van der Waals surface area contributed by atoms with Crippen LogP contribution in [0.4, 0.5) is 0 Å². The Morgan fingerprint density at radius 1 is 1.25 bits per heavy atom. The molecule has 1 N–H and O–H groups in total. The number of nitrogens with one attached hydrogen (secondary N) is 1. The van der Waals surface area contributed by atoms with Gasteiger partial charge in [-0.2, -0.15) is 0 Å². The van der Waals surface area contributed by atoms with Crippen LogP contribution in [0.1, 0.15) is 24.1 Å². The Morgan fingerprint density at radius 3 is 2.30 bits per heavy atom. The molecular formula is C14H23NO3S2. The van der Waals surface area contributed by atoms with E-state index in [1.54, 1.807) is 0 Å². The first-order valence-corrected chi connectivity index (χ1v) is 10.2. The number of rotatable bonds is 8. The molecule has 0 saturated carbocycles. The fourth-order valence-corrected chi connectivity index (χ4v) is 4.70. The zero-order valence-corrected chi connectivity index (χ0v) is 13.9. The van der Waals surface area contributed by atoms with Crippen LogP contribution in [0, 0.1) is 0 Å². The fourth-order valence-electron chi connectivity index (χ4n) is 1.85. The molecule has 0 aliphatic carbocycles.